The van der Waals surface area contributed by atoms with Gasteiger partial charge in [-0.15, -0.1) is 0 Å². The third-order valence-electron chi connectivity index (χ3n) is 2.58. The van der Waals surface area contributed by atoms with Crippen LogP contribution in [0.4, 0.5) is 4.39 Å². The molecule has 1 unspecified atom stereocenters. The van der Waals surface area contributed by atoms with Gasteiger partial charge in [-0.25, -0.2) is 4.39 Å². The molecule has 1 aromatic carbocycles. The zero-order valence-electron chi connectivity index (χ0n) is 11.5. The van der Waals surface area contributed by atoms with E-state index in [1.54, 1.807) is 0 Å². The average molecular weight is 268 g/mol. The highest BCUT2D eigenvalue weighted by Gasteiger charge is 2.22. The highest BCUT2D eigenvalue weighted by Crippen LogP contribution is 2.18. The Morgan fingerprint density at radius 3 is 2.53 bits per heavy atom. The van der Waals surface area contributed by atoms with Crippen molar-refractivity contribution in [3.8, 4) is 5.75 Å². The van der Waals surface area contributed by atoms with Crippen molar-refractivity contribution in [2.24, 2.45) is 11.7 Å². The fourth-order valence-electron chi connectivity index (χ4n) is 1.79. The van der Waals surface area contributed by atoms with Crippen LogP contribution in [-0.4, -0.2) is 23.1 Å². The predicted octanol–water partition coefficient (Wildman–Crippen LogP) is 1.56. The molecule has 0 saturated heterocycles. The van der Waals surface area contributed by atoms with Crippen LogP contribution in [0.25, 0.3) is 0 Å². The van der Waals surface area contributed by atoms with Crippen molar-refractivity contribution < 1.29 is 14.3 Å². The number of amides is 1. The second-order valence-corrected chi connectivity index (χ2v) is 5.69. The maximum absolute atomic E-state index is 13.2. The lowest BCUT2D eigenvalue weighted by Gasteiger charge is -2.24. The number of aromatic hydroxyl groups is 1. The molecule has 0 fully saturated rings. The van der Waals surface area contributed by atoms with Crippen molar-refractivity contribution in [2.45, 2.75) is 32.7 Å². The Labute approximate surface area is 112 Å². The van der Waals surface area contributed by atoms with Crippen molar-refractivity contribution in [2.75, 3.05) is 6.54 Å². The molecule has 1 amide bonds. The van der Waals surface area contributed by atoms with E-state index < -0.39 is 11.7 Å². The average Bonchev–Trinajstić information content (AvgIpc) is 2.21. The molecule has 1 aromatic rings. The van der Waals surface area contributed by atoms with E-state index in [0.717, 1.165) is 6.07 Å². The quantitative estimate of drug-likeness (QED) is 0.775. The normalized spacial score (nSPS) is 13.1. The van der Waals surface area contributed by atoms with Crippen LogP contribution in [0.1, 0.15) is 26.3 Å². The van der Waals surface area contributed by atoms with Gasteiger partial charge in [0.05, 0.1) is 5.92 Å². The lowest BCUT2D eigenvalue weighted by Crippen LogP contribution is -2.46. The lowest BCUT2D eigenvalue weighted by molar-refractivity contribution is -0.126. The Balaban J connectivity index is 2.79. The first kappa shape index (κ1) is 15.4. The molecule has 0 heterocycles. The van der Waals surface area contributed by atoms with Crippen molar-refractivity contribution in [1.29, 1.82) is 0 Å². The van der Waals surface area contributed by atoms with Gasteiger partial charge in [0.15, 0.2) is 0 Å². The molecule has 0 bridgehead atoms. The number of phenols is 1. The van der Waals surface area contributed by atoms with Crippen LogP contribution in [-0.2, 0) is 11.2 Å². The third kappa shape index (κ3) is 5.26. The molecule has 0 aromatic heterocycles. The first-order valence-corrected chi connectivity index (χ1v) is 6.22. The predicted molar refractivity (Wildman–Crippen MR) is 72.2 cm³/mol. The van der Waals surface area contributed by atoms with E-state index in [1.807, 2.05) is 20.8 Å². The molecule has 0 aliphatic heterocycles. The Hall–Kier alpha value is -1.62. The maximum atomic E-state index is 13.2. The first-order chi connectivity index (χ1) is 8.71. The number of hydrogen-bond acceptors (Lipinski definition) is 3. The molecule has 0 aliphatic rings. The molecule has 0 saturated carbocycles. The molecule has 4 nitrogen and oxygen atoms in total. The minimum Gasteiger partial charge on any atom is -0.508 e. The minimum absolute atomic E-state index is 0.151. The number of carbonyl (C=O) groups excluding carboxylic acids is 1. The Morgan fingerprint density at radius 2 is 2.05 bits per heavy atom. The summed E-state index contributed by atoms with van der Waals surface area (Å²) >= 11 is 0. The van der Waals surface area contributed by atoms with Crippen LogP contribution >= 0.6 is 0 Å². The minimum atomic E-state index is -0.526. The van der Waals surface area contributed by atoms with Gasteiger partial charge in [0.2, 0.25) is 5.91 Å². The van der Waals surface area contributed by atoms with Crippen LogP contribution in [0, 0.1) is 11.7 Å². The number of nitrogens with one attached hydrogen (secondary N) is 1. The van der Waals surface area contributed by atoms with E-state index in [2.05, 4.69) is 5.32 Å². The Kier molecular flexibility index (Phi) is 4.89. The molecule has 0 radical (unpaired) electrons. The zero-order valence-corrected chi connectivity index (χ0v) is 11.5. The van der Waals surface area contributed by atoms with E-state index >= 15 is 0 Å². The number of halogens is 1. The summed E-state index contributed by atoms with van der Waals surface area (Å²) in [5.74, 6) is -1.29. The molecule has 0 spiro atoms. The van der Waals surface area contributed by atoms with E-state index in [-0.39, 0.29) is 23.7 Å². The number of rotatable bonds is 4. The highest BCUT2D eigenvalue weighted by molar-refractivity contribution is 5.79. The smallest absolute Gasteiger partial charge is 0.225 e. The monoisotopic (exact) mass is 268 g/mol. The number of nitrogens with two attached hydrogens (primary N) is 1. The summed E-state index contributed by atoms with van der Waals surface area (Å²) < 4.78 is 13.2. The summed E-state index contributed by atoms with van der Waals surface area (Å²) in [6, 6.07) is 3.76. The molecule has 1 rings (SSSR count). The molecular formula is C14H21FN2O2. The van der Waals surface area contributed by atoms with Crippen molar-refractivity contribution in [3.05, 3.63) is 29.6 Å². The van der Waals surface area contributed by atoms with Gasteiger partial charge in [-0.2, -0.15) is 0 Å². The lowest BCUT2D eigenvalue weighted by atomic mass is 9.97. The van der Waals surface area contributed by atoms with Crippen LogP contribution < -0.4 is 11.1 Å². The van der Waals surface area contributed by atoms with Crippen LogP contribution in [0.3, 0.4) is 0 Å². The van der Waals surface area contributed by atoms with Crippen molar-refractivity contribution in [3.63, 3.8) is 0 Å². The first-order valence-electron chi connectivity index (χ1n) is 6.22. The van der Waals surface area contributed by atoms with E-state index in [1.165, 1.54) is 12.1 Å². The number of hydrogen-bond donors (Lipinski definition) is 3. The Bertz CT molecular complexity index is 435. The van der Waals surface area contributed by atoms with Gasteiger partial charge >= 0.3 is 0 Å². The van der Waals surface area contributed by atoms with Gasteiger partial charge in [0, 0.05) is 18.2 Å². The maximum Gasteiger partial charge on any atom is 0.225 e. The van der Waals surface area contributed by atoms with Gasteiger partial charge in [-0.3, -0.25) is 4.79 Å². The second kappa shape index (κ2) is 6.02. The van der Waals surface area contributed by atoms with Crippen LogP contribution in [0.2, 0.25) is 0 Å². The SMILES string of the molecule is CC(C)(C)NC(=O)C(CN)Cc1cc(O)cc(F)c1. The van der Waals surface area contributed by atoms with Crippen molar-refractivity contribution >= 4 is 5.91 Å². The number of carbonyl (C=O) groups is 1. The largest absolute Gasteiger partial charge is 0.508 e. The van der Waals surface area contributed by atoms with Gasteiger partial charge in [0.1, 0.15) is 11.6 Å². The second-order valence-electron chi connectivity index (χ2n) is 5.69. The summed E-state index contributed by atoms with van der Waals surface area (Å²) in [5.41, 5.74) is 5.81. The van der Waals surface area contributed by atoms with Crippen LogP contribution in [0.5, 0.6) is 5.75 Å². The van der Waals surface area contributed by atoms with Gasteiger partial charge in [-0.05, 0) is 44.9 Å². The summed E-state index contributed by atoms with van der Waals surface area (Å²) in [7, 11) is 0. The summed E-state index contributed by atoms with van der Waals surface area (Å²) in [6.07, 6.45) is 0.295. The number of phenolic OH excluding ortho intramolecular Hbond substituents is 1. The summed E-state index contributed by atoms with van der Waals surface area (Å²) in [5, 5.41) is 12.2. The molecule has 4 N–H and O–H groups in total. The van der Waals surface area contributed by atoms with Gasteiger partial charge in [-0.1, -0.05) is 0 Å². The molecular weight excluding hydrogens is 247 g/mol. The standard InChI is InChI=1S/C14H21FN2O2/c1-14(2,3)17-13(19)10(8-16)4-9-5-11(15)7-12(18)6-9/h5-7,10,18H,4,8,16H2,1-3H3,(H,17,19). The molecule has 19 heavy (non-hydrogen) atoms. The zero-order chi connectivity index (χ0) is 14.6. The Morgan fingerprint density at radius 1 is 1.42 bits per heavy atom. The topological polar surface area (TPSA) is 75.4 Å². The fraction of sp³-hybridized carbons (Fsp3) is 0.500. The van der Waals surface area contributed by atoms with E-state index in [0.29, 0.717) is 12.0 Å². The molecule has 106 valence electrons. The fourth-order valence-corrected chi connectivity index (χ4v) is 1.79. The third-order valence-corrected chi connectivity index (χ3v) is 2.58. The molecule has 5 heteroatoms. The van der Waals surface area contributed by atoms with Crippen LogP contribution in [0.15, 0.2) is 18.2 Å². The van der Waals surface area contributed by atoms with E-state index in [4.69, 9.17) is 5.73 Å². The van der Waals surface area contributed by atoms with Gasteiger partial charge < -0.3 is 16.2 Å². The molecule has 0 aliphatic carbocycles. The summed E-state index contributed by atoms with van der Waals surface area (Å²) in [4.78, 5) is 12.0. The highest BCUT2D eigenvalue weighted by atomic mass is 19.1. The van der Waals surface area contributed by atoms with Crippen molar-refractivity contribution in [1.82, 2.24) is 5.32 Å². The molecule has 1 atom stereocenters. The number of benzene rings is 1. The van der Waals surface area contributed by atoms with E-state index in [9.17, 15) is 14.3 Å². The van der Waals surface area contributed by atoms with Gasteiger partial charge in [0.25, 0.3) is 0 Å². The summed E-state index contributed by atoms with van der Waals surface area (Å²) in [6.45, 7) is 5.81.